The molecule has 1 aromatic heterocycles. The first-order valence-corrected chi connectivity index (χ1v) is 9.84. The molecular weight excluding hydrogens is 344 g/mol. The molecule has 1 amide bonds. The summed E-state index contributed by atoms with van der Waals surface area (Å²) in [6, 6.07) is 10.7. The number of aryl methyl sites for hydroxylation is 3. The van der Waals surface area contributed by atoms with Crippen LogP contribution in [0.1, 0.15) is 35.5 Å². The van der Waals surface area contributed by atoms with Gasteiger partial charge in [-0.2, -0.15) is 0 Å². The molecule has 0 bridgehead atoms. The van der Waals surface area contributed by atoms with Crippen molar-refractivity contribution in [2.75, 3.05) is 26.4 Å². The van der Waals surface area contributed by atoms with Crippen molar-refractivity contribution in [3.63, 3.8) is 0 Å². The minimum absolute atomic E-state index is 0.00483. The number of hydrogen-bond acceptors (Lipinski definition) is 5. The Hall–Kier alpha value is -1.92. The lowest BCUT2D eigenvalue weighted by atomic mass is 10.0. The first kappa shape index (κ1) is 20.4. The summed E-state index contributed by atoms with van der Waals surface area (Å²) >= 11 is 1.37. The smallest absolute Gasteiger partial charge is 0.230 e. The summed E-state index contributed by atoms with van der Waals surface area (Å²) in [4.78, 5) is 23.1. The first-order chi connectivity index (χ1) is 12.4. The van der Waals surface area contributed by atoms with Gasteiger partial charge in [-0.1, -0.05) is 43.0 Å². The Morgan fingerprint density at radius 2 is 1.77 bits per heavy atom. The molecule has 0 radical (unpaired) electrons. The Kier molecular flexibility index (Phi) is 7.60. The molecule has 1 N–H and O–H groups in total. The molecule has 140 valence electrons. The minimum Gasteiger partial charge on any atom is -0.353 e. The molecule has 1 aromatic carbocycles. The zero-order valence-electron chi connectivity index (χ0n) is 16.2. The fourth-order valence-corrected chi connectivity index (χ4v) is 3.50. The second-order valence-electron chi connectivity index (χ2n) is 6.60. The Labute approximate surface area is 160 Å². The molecule has 1 atom stereocenters. The fourth-order valence-electron chi connectivity index (χ4n) is 2.72. The maximum atomic E-state index is 12.2. The monoisotopic (exact) mass is 372 g/mol. The summed E-state index contributed by atoms with van der Waals surface area (Å²) in [6.45, 7) is 6.59. The molecule has 5 nitrogen and oxygen atoms in total. The predicted octanol–water partition coefficient (Wildman–Crippen LogP) is 3.17. The van der Waals surface area contributed by atoms with E-state index in [0.717, 1.165) is 17.8 Å². The lowest BCUT2D eigenvalue weighted by Gasteiger charge is -2.25. The molecule has 0 fully saturated rings. The van der Waals surface area contributed by atoms with Crippen molar-refractivity contribution in [1.82, 2.24) is 20.2 Å². The number of amides is 1. The molecule has 1 heterocycles. The van der Waals surface area contributed by atoms with E-state index in [9.17, 15) is 4.79 Å². The number of hydrogen-bond donors (Lipinski definition) is 1. The maximum absolute atomic E-state index is 12.2. The normalized spacial score (nSPS) is 12.2. The number of likely N-dealkylation sites (N-methyl/N-ethyl adjacent to an activating group) is 1. The summed E-state index contributed by atoms with van der Waals surface area (Å²) in [5.74, 6) is 0.312. The average Bonchev–Trinajstić information content (AvgIpc) is 2.59. The van der Waals surface area contributed by atoms with Crippen LogP contribution in [0.3, 0.4) is 0 Å². The largest absolute Gasteiger partial charge is 0.353 e. The Morgan fingerprint density at radius 1 is 1.15 bits per heavy atom. The molecule has 0 aliphatic heterocycles. The Morgan fingerprint density at radius 3 is 2.31 bits per heavy atom. The zero-order valence-corrected chi connectivity index (χ0v) is 17.1. The number of nitrogens with one attached hydrogen (secondary N) is 1. The van der Waals surface area contributed by atoms with Crippen LogP contribution in [0.2, 0.25) is 0 Å². The molecule has 26 heavy (non-hydrogen) atoms. The molecule has 0 aliphatic rings. The Balaban J connectivity index is 1.90. The summed E-state index contributed by atoms with van der Waals surface area (Å²) in [5.41, 5.74) is 4.37. The summed E-state index contributed by atoms with van der Waals surface area (Å²) < 4.78 is 0. The number of benzene rings is 1. The van der Waals surface area contributed by atoms with Crippen LogP contribution in [0, 0.1) is 13.8 Å². The van der Waals surface area contributed by atoms with Gasteiger partial charge in [0.25, 0.3) is 0 Å². The zero-order chi connectivity index (χ0) is 19.1. The Bertz CT molecular complexity index is 711. The van der Waals surface area contributed by atoms with Crippen LogP contribution in [-0.2, 0) is 11.2 Å². The van der Waals surface area contributed by atoms with Crippen molar-refractivity contribution in [2.45, 2.75) is 38.4 Å². The van der Waals surface area contributed by atoms with Gasteiger partial charge in [-0.05, 0) is 51.6 Å². The van der Waals surface area contributed by atoms with Crippen molar-refractivity contribution < 1.29 is 4.79 Å². The number of thioether (sulfide) groups is 1. The van der Waals surface area contributed by atoms with Gasteiger partial charge in [0.15, 0.2) is 5.16 Å². The van der Waals surface area contributed by atoms with Crippen LogP contribution in [0.4, 0.5) is 0 Å². The third-order valence-electron chi connectivity index (χ3n) is 4.18. The van der Waals surface area contributed by atoms with E-state index in [1.807, 2.05) is 34.0 Å². The molecule has 6 heteroatoms. The van der Waals surface area contributed by atoms with E-state index in [4.69, 9.17) is 0 Å². The van der Waals surface area contributed by atoms with Gasteiger partial charge in [0.1, 0.15) is 0 Å². The molecule has 2 aromatic rings. The van der Waals surface area contributed by atoms with E-state index in [0.29, 0.717) is 17.5 Å². The van der Waals surface area contributed by atoms with E-state index in [1.54, 1.807) is 0 Å². The minimum atomic E-state index is -0.00483. The van der Waals surface area contributed by atoms with Crippen LogP contribution in [0.25, 0.3) is 0 Å². The van der Waals surface area contributed by atoms with E-state index in [2.05, 4.69) is 51.4 Å². The van der Waals surface area contributed by atoms with E-state index >= 15 is 0 Å². The number of carbonyl (C=O) groups excluding carboxylic acids is 1. The van der Waals surface area contributed by atoms with E-state index < -0.39 is 0 Å². The summed E-state index contributed by atoms with van der Waals surface area (Å²) in [6.07, 6.45) is 1.03. The molecule has 0 saturated carbocycles. The van der Waals surface area contributed by atoms with E-state index in [1.165, 1.54) is 22.9 Å². The summed E-state index contributed by atoms with van der Waals surface area (Å²) in [7, 11) is 4.06. The number of carbonyl (C=O) groups is 1. The highest BCUT2D eigenvalue weighted by Crippen LogP contribution is 2.19. The van der Waals surface area contributed by atoms with Gasteiger partial charge in [-0.3, -0.25) is 4.79 Å². The molecule has 0 spiro atoms. The highest BCUT2D eigenvalue weighted by atomic mass is 32.2. The van der Waals surface area contributed by atoms with Gasteiger partial charge in [-0.15, -0.1) is 0 Å². The van der Waals surface area contributed by atoms with Crippen LogP contribution < -0.4 is 5.32 Å². The van der Waals surface area contributed by atoms with Crippen molar-refractivity contribution in [1.29, 1.82) is 0 Å². The number of nitrogens with zero attached hydrogens (tertiary/aromatic N) is 3. The summed E-state index contributed by atoms with van der Waals surface area (Å²) in [5, 5.41) is 3.68. The van der Waals surface area contributed by atoms with Crippen LogP contribution in [0.15, 0.2) is 35.5 Å². The molecule has 0 saturated heterocycles. The SMILES string of the molecule is CCc1ccc(C(CNC(=O)CSc2nc(C)cc(C)n2)N(C)C)cc1. The predicted molar refractivity (Wildman–Crippen MR) is 107 cm³/mol. The van der Waals surface area contributed by atoms with Crippen molar-refractivity contribution in [3.05, 3.63) is 52.8 Å². The standard InChI is InChI=1S/C20H28N4OS/c1-6-16-7-9-17(10-8-16)18(24(4)5)12-21-19(25)13-26-20-22-14(2)11-15(3)23-20/h7-11,18H,6,12-13H2,1-5H3,(H,21,25). The van der Waals surface area contributed by atoms with Crippen LogP contribution >= 0.6 is 11.8 Å². The third kappa shape index (κ3) is 6.11. The van der Waals surface area contributed by atoms with Gasteiger partial charge >= 0.3 is 0 Å². The second kappa shape index (κ2) is 9.69. The first-order valence-electron chi connectivity index (χ1n) is 8.86. The maximum Gasteiger partial charge on any atom is 0.230 e. The van der Waals surface area contributed by atoms with Gasteiger partial charge in [0.05, 0.1) is 11.8 Å². The topological polar surface area (TPSA) is 58.1 Å². The van der Waals surface area contributed by atoms with Crippen molar-refractivity contribution in [2.24, 2.45) is 0 Å². The highest BCUT2D eigenvalue weighted by molar-refractivity contribution is 7.99. The fraction of sp³-hybridized carbons (Fsp3) is 0.450. The van der Waals surface area contributed by atoms with Crippen molar-refractivity contribution in [3.8, 4) is 0 Å². The quantitative estimate of drug-likeness (QED) is 0.570. The third-order valence-corrected chi connectivity index (χ3v) is 5.03. The second-order valence-corrected chi connectivity index (χ2v) is 7.54. The lowest BCUT2D eigenvalue weighted by molar-refractivity contribution is -0.118. The van der Waals surface area contributed by atoms with E-state index in [-0.39, 0.29) is 11.9 Å². The lowest BCUT2D eigenvalue weighted by Crippen LogP contribution is -2.35. The van der Waals surface area contributed by atoms with Gasteiger partial charge in [0.2, 0.25) is 5.91 Å². The molecule has 1 unspecified atom stereocenters. The molecular formula is C20H28N4OS. The van der Waals surface area contributed by atoms with Crippen LogP contribution in [0.5, 0.6) is 0 Å². The highest BCUT2D eigenvalue weighted by Gasteiger charge is 2.15. The number of aromatic nitrogens is 2. The molecule has 2 rings (SSSR count). The molecule has 0 aliphatic carbocycles. The number of rotatable bonds is 8. The van der Waals surface area contributed by atoms with Gasteiger partial charge in [-0.25, -0.2) is 9.97 Å². The van der Waals surface area contributed by atoms with Crippen LogP contribution in [-0.4, -0.2) is 47.2 Å². The van der Waals surface area contributed by atoms with Gasteiger partial charge in [0, 0.05) is 17.9 Å². The van der Waals surface area contributed by atoms with Gasteiger partial charge < -0.3 is 10.2 Å². The van der Waals surface area contributed by atoms with Crippen molar-refractivity contribution >= 4 is 17.7 Å². The average molecular weight is 373 g/mol.